The molecule has 0 spiro atoms. The van der Waals surface area contributed by atoms with Crippen LogP contribution in [0.15, 0.2) is 53.4 Å². The highest BCUT2D eigenvalue weighted by atomic mass is 32.2. The molecule has 0 unspecified atom stereocenters. The normalized spacial score (nSPS) is 11.3. The highest BCUT2D eigenvalue weighted by Gasteiger charge is 2.22. The number of sulfonamides is 1. The van der Waals surface area contributed by atoms with Gasteiger partial charge in [0.15, 0.2) is 0 Å². The Morgan fingerprint density at radius 3 is 2.22 bits per heavy atom. The summed E-state index contributed by atoms with van der Waals surface area (Å²) < 4.78 is 35.0. The van der Waals surface area contributed by atoms with Gasteiger partial charge in [-0.25, -0.2) is 18.0 Å². The zero-order valence-electron chi connectivity index (χ0n) is 15.0. The Balaban J connectivity index is 2.08. The predicted octanol–water partition coefficient (Wildman–Crippen LogP) is 2.01. The van der Waals surface area contributed by atoms with Gasteiger partial charge in [0.1, 0.15) is 6.61 Å². The van der Waals surface area contributed by atoms with Gasteiger partial charge < -0.3 is 9.47 Å². The van der Waals surface area contributed by atoms with Gasteiger partial charge in [-0.2, -0.15) is 0 Å². The summed E-state index contributed by atoms with van der Waals surface area (Å²) in [5, 5.41) is 0. The van der Waals surface area contributed by atoms with Crippen LogP contribution >= 0.6 is 0 Å². The molecule has 144 valence electrons. The van der Waals surface area contributed by atoms with Crippen LogP contribution in [0.5, 0.6) is 0 Å². The van der Waals surface area contributed by atoms with Crippen molar-refractivity contribution in [2.45, 2.75) is 11.5 Å². The molecule has 0 amide bonds. The van der Waals surface area contributed by atoms with E-state index in [0.717, 1.165) is 0 Å². The zero-order chi connectivity index (χ0) is 20.0. The minimum Gasteiger partial charge on any atom is -0.465 e. The SMILES string of the molecule is COC(=O)c1ccc(COC(=O)c2cccc(S(=O)(=O)N(C)OC)c2)cc1. The van der Waals surface area contributed by atoms with Crippen LogP contribution < -0.4 is 0 Å². The molecule has 0 aliphatic rings. The Bertz CT molecular complexity index is 923. The van der Waals surface area contributed by atoms with Crippen molar-refractivity contribution in [1.82, 2.24) is 4.47 Å². The van der Waals surface area contributed by atoms with Crippen LogP contribution in [0.25, 0.3) is 0 Å². The summed E-state index contributed by atoms with van der Waals surface area (Å²) in [6, 6.07) is 11.8. The van der Waals surface area contributed by atoms with Crippen molar-refractivity contribution < 1.29 is 32.3 Å². The van der Waals surface area contributed by atoms with E-state index in [0.29, 0.717) is 15.6 Å². The number of carbonyl (C=O) groups excluding carboxylic acids is 2. The lowest BCUT2D eigenvalue weighted by molar-refractivity contribution is -0.0258. The maximum absolute atomic E-state index is 12.2. The summed E-state index contributed by atoms with van der Waals surface area (Å²) in [5.74, 6) is -1.14. The fourth-order valence-electron chi connectivity index (χ4n) is 2.12. The smallest absolute Gasteiger partial charge is 0.338 e. The summed E-state index contributed by atoms with van der Waals surface area (Å²) in [6.07, 6.45) is 0. The molecule has 9 heteroatoms. The average Bonchev–Trinajstić information content (AvgIpc) is 2.71. The van der Waals surface area contributed by atoms with Gasteiger partial charge in [0.05, 0.1) is 30.2 Å². The lowest BCUT2D eigenvalue weighted by atomic mass is 10.1. The molecule has 0 saturated carbocycles. The number of rotatable bonds is 7. The molecule has 0 bridgehead atoms. The van der Waals surface area contributed by atoms with E-state index in [1.807, 2.05) is 0 Å². The highest BCUT2D eigenvalue weighted by Crippen LogP contribution is 2.17. The molecule has 0 aliphatic carbocycles. The van der Waals surface area contributed by atoms with Crippen molar-refractivity contribution >= 4 is 22.0 Å². The molecule has 0 saturated heterocycles. The number of hydroxylamine groups is 1. The molecular weight excluding hydrogens is 374 g/mol. The zero-order valence-corrected chi connectivity index (χ0v) is 15.9. The fourth-order valence-corrected chi connectivity index (χ4v) is 3.14. The first-order chi connectivity index (χ1) is 12.8. The minimum absolute atomic E-state index is 0.0325. The third-order valence-corrected chi connectivity index (χ3v) is 5.38. The summed E-state index contributed by atoms with van der Waals surface area (Å²) in [5.41, 5.74) is 1.14. The van der Waals surface area contributed by atoms with Crippen molar-refractivity contribution in [2.75, 3.05) is 21.3 Å². The van der Waals surface area contributed by atoms with E-state index in [1.165, 1.54) is 45.5 Å². The molecule has 0 heterocycles. The number of carbonyl (C=O) groups is 2. The van der Waals surface area contributed by atoms with Crippen molar-refractivity contribution in [2.24, 2.45) is 0 Å². The lowest BCUT2D eigenvalue weighted by Crippen LogP contribution is -2.25. The molecule has 0 aromatic heterocycles. The molecule has 0 N–H and O–H groups in total. The van der Waals surface area contributed by atoms with E-state index >= 15 is 0 Å². The van der Waals surface area contributed by atoms with Crippen LogP contribution in [0.1, 0.15) is 26.3 Å². The molecule has 2 aromatic rings. The summed E-state index contributed by atoms with van der Waals surface area (Å²) in [4.78, 5) is 28.2. The van der Waals surface area contributed by atoms with Crippen LogP contribution in [0, 0.1) is 0 Å². The first kappa shape index (κ1) is 20.6. The molecule has 0 radical (unpaired) electrons. The molecule has 2 aromatic carbocycles. The standard InChI is InChI=1S/C18H19NO7S/c1-19(25-3)27(22,23)16-6-4-5-15(11-16)18(21)26-12-13-7-9-14(10-8-13)17(20)24-2/h4-11H,12H2,1-3H3. The second kappa shape index (κ2) is 8.76. The Morgan fingerprint density at radius 2 is 1.63 bits per heavy atom. The van der Waals surface area contributed by atoms with E-state index in [1.54, 1.807) is 24.3 Å². The van der Waals surface area contributed by atoms with Crippen LogP contribution in [-0.4, -0.2) is 46.1 Å². The number of hydrogen-bond acceptors (Lipinski definition) is 7. The number of methoxy groups -OCH3 is 1. The van der Waals surface area contributed by atoms with Crippen LogP contribution in [0.2, 0.25) is 0 Å². The van der Waals surface area contributed by atoms with Gasteiger partial charge in [-0.15, -0.1) is 0 Å². The largest absolute Gasteiger partial charge is 0.465 e. The topological polar surface area (TPSA) is 99.2 Å². The van der Waals surface area contributed by atoms with Crippen molar-refractivity contribution in [3.8, 4) is 0 Å². The lowest BCUT2D eigenvalue weighted by Gasteiger charge is -2.14. The quantitative estimate of drug-likeness (QED) is 0.524. The van der Waals surface area contributed by atoms with Gasteiger partial charge in [-0.05, 0) is 35.9 Å². The third-order valence-electron chi connectivity index (χ3n) is 3.71. The van der Waals surface area contributed by atoms with Crippen LogP contribution in [0.4, 0.5) is 0 Å². The summed E-state index contributed by atoms with van der Waals surface area (Å²) in [7, 11) is -0.108. The number of esters is 2. The monoisotopic (exact) mass is 393 g/mol. The number of benzene rings is 2. The average molecular weight is 393 g/mol. The molecule has 0 atom stereocenters. The minimum atomic E-state index is -3.87. The molecule has 2 rings (SSSR count). The molecule has 0 fully saturated rings. The maximum Gasteiger partial charge on any atom is 0.338 e. The summed E-state index contributed by atoms with van der Waals surface area (Å²) in [6.45, 7) is -0.0325. The van der Waals surface area contributed by atoms with Gasteiger partial charge >= 0.3 is 11.9 Å². The van der Waals surface area contributed by atoms with E-state index in [-0.39, 0.29) is 17.1 Å². The van der Waals surface area contributed by atoms with Gasteiger partial charge in [-0.1, -0.05) is 22.7 Å². The molecule has 0 aliphatic heterocycles. The predicted molar refractivity (Wildman–Crippen MR) is 95.3 cm³/mol. The number of hydrogen-bond donors (Lipinski definition) is 0. The van der Waals surface area contributed by atoms with E-state index in [9.17, 15) is 18.0 Å². The Morgan fingerprint density at radius 1 is 0.963 bits per heavy atom. The second-order valence-electron chi connectivity index (χ2n) is 5.39. The van der Waals surface area contributed by atoms with E-state index in [2.05, 4.69) is 4.74 Å². The first-order valence-electron chi connectivity index (χ1n) is 7.77. The van der Waals surface area contributed by atoms with Crippen molar-refractivity contribution in [3.63, 3.8) is 0 Å². The number of ether oxygens (including phenoxy) is 2. The molecule has 8 nitrogen and oxygen atoms in total. The summed E-state index contributed by atoms with van der Waals surface area (Å²) >= 11 is 0. The fraction of sp³-hybridized carbons (Fsp3) is 0.222. The Hall–Kier alpha value is -2.75. The van der Waals surface area contributed by atoms with Crippen LogP contribution in [-0.2, 0) is 30.9 Å². The van der Waals surface area contributed by atoms with E-state index < -0.39 is 22.0 Å². The van der Waals surface area contributed by atoms with Gasteiger partial charge in [-0.3, -0.25) is 4.84 Å². The third kappa shape index (κ3) is 4.91. The Labute approximate surface area is 157 Å². The highest BCUT2D eigenvalue weighted by molar-refractivity contribution is 7.89. The maximum atomic E-state index is 12.2. The van der Waals surface area contributed by atoms with Crippen molar-refractivity contribution in [1.29, 1.82) is 0 Å². The van der Waals surface area contributed by atoms with Gasteiger partial charge in [0.25, 0.3) is 10.0 Å². The van der Waals surface area contributed by atoms with Crippen LogP contribution in [0.3, 0.4) is 0 Å². The van der Waals surface area contributed by atoms with E-state index in [4.69, 9.17) is 9.57 Å². The second-order valence-corrected chi connectivity index (χ2v) is 7.33. The van der Waals surface area contributed by atoms with Gasteiger partial charge in [0, 0.05) is 7.05 Å². The Kier molecular flexibility index (Phi) is 6.67. The number of nitrogens with zero attached hydrogens (tertiary/aromatic N) is 1. The molecule has 27 heavy (non-hydrogen) atoms. The molecular formula is C18H19NO7S. The van der Waals surface area contributed by atoms with Gasteiger partial charge in [0.2, 0.25) is 0 Å². The first-order valence-corrected chi connectivity index (χ1v) is 9.21. The van der Waals surface area contributed by atoms with Crippen molar-refractivity contribution in [3.05, 3.63) is 65.2 Å².